The molecule has 1 aliphatic carbocycles. The first-order chi connectivity index (χ1) is 17.3. The molecule has 1 aliphatic heterocycles. The summed E-state index contributed by atoms with van der Waals surface area (Å²) in [5.41, 5.74) is 6.17. The van der Waals surface area contributed by atoms with Gasteiger partial charge in [0.15, 0.2) is 0 Å². The SMILES string of the molecule is CC(C)c1cccc(C(C)C)c1NC(=O)NCC1(c2cccc(CN3CCN(C)CC3)c2)CCCC1. The van der Waals surface area contributed by atoms with Gasteiger partial charge in [0.2, 0.25) is 0 Å². The Labute approximate surface area is 218 Å². The van der Waals surface area contributed by atoms with Crippen LogP contribution in [0.5, 0.6) is 0 Å². The van der Waals surface area contributed by atoms with Gasteiger partial charge in [0.1, 0.15) is 0 Å². The van der Waals surface area contributed by atoms with Crippen LogP contribution in [-0.2, 0) is 12.0 Å². The molecule has 4 rings (SSSR count). The molecule has 2 amide bonds. The monoisotopic (exact) mass is 490 g/mol. The van der Waals surface area contributed by atoms with Crippen molar-refractivity contribution in [1.29, 1.82) is 0 Å². The molecule has 0 aromatic heterocycles. The Kier molecular flexibility index (Phi) is 8.74. The maximum atomic E-state index is 13.2. The highest BCUT2D eigenvalue weighted by Gasteiger charge is 2.36. The molecular formula is C31H46N4O. The average molecular weight is 491 g/mol. The van der Waals surface area contributed by atoms with Gasteiger partial charge in [0, 0.05) is 50.4 Å². The van der Waals surface area contributed by atoms with E-state index in [4.69, 9.17) is 0 Å². The van der Waals surface area contributed by atoms with Crippen LogP contribution in [-0.4, -0.2) is 55.6 Å². The smallest absolute Gasteiger partial charge is 0.319 e. The van der Waals surface area contributed by atoms with Gasteiger partial charge in [0.25, 0.3) is 0 Å². The topological polar surface area (TPSA) is 47.6 Å². The quantitative estimate of drug-likeness (QED) is 0.456. The van der Waals surface area contributed by atoms with Crippen molar-refractivity contribution in [3.63, 3.8) is 0 Å². The second-order valence-electron chi connectivity index (χ2n) is 11.7. The Morgan fingerprint density at radius 2 is 1.53 bits per heavy atom. The Morgan fingerprint density at radius 3 is 2.14 bits per heavy atom. The molecule has 0 bridgehead atoms. The lowest BCUT2D eigenvalue weighted by Gasteiger charge is -2.33. The summed E-state index contributed by atoms with van der Waals surface area (Å²) in [4.78, 5) is 18.2. The van der Waals surface area contributed by atoms with Crippen molar-refractivity contribution in [2.24, 2.45) is 0 Å². The first-order valence-electron chi connectivity index (χ1n) is 14.0. The lowest BCUT2D eigenvalue weighted by atomic mass is 9.78. The van der Waals surface area contributed by atoms with Crippen LogP contribution < -0.4 is 10.6 Å². The molecule has 1 saturated carbocycles. The fraction of sp³-hybridized carbons (Fsp3) is 0.581. The van der Waals surface area contributed by atoms with Crippen LogP contribution in [0.4, 0.5) is 10.5 Å². The lowest BCUT2D eigenvalue weighted by Crippen LogP contribution is -2.44. The van der Waals surface area contributed by atoms with Crippen LogP contribution in [0.25, 0.3) is 0 Å². The zero-order chi connectivity index (χ0) is 25.7. The zero-order valence-electron chi connectivity index (χ0n) is 23.1. The highest BCUT2D eigenvalue weighted by molar-refractivity contribution is 5.91. The first-order valence-corrected chi connectivity index (χ1v) is 14.0. The fourth-order valence-corrected chi connectivity index (χ4v) is 5.99. The van der Waals surface area contributed by atoms with E-state index in [0.717, 1.165) is 51.3 Å². The summed E-state index contributed by atoms with van der Waals surface area (Å²) in [6.07, 6.45) is 4.70. The second kappa shape index (κ2) is 11.8. The molecule has 36 heavy (non-hydrogen) atoms. The minimum atomic E-state index is -0.0927. The number of para-hydroxylation sites is 1. The number of carbonyl (C=O) groups is 1. The number of nitrogens with one attached hydrogen (secondary N) is 2. The Bertz CT molecular complexity index is 991. The minimum Gasteiger partial charge on any atom is -0.337 e. The third-order valence-corrected chi connectivity index (χ3v) is 8.30. The van der Waals surface area contributed by atoms with Gasteiger partial charge >= 0.3 is 6.03 Å². The molecule has 0 radical (unpaired) electrons. The zero-order valence-corrected chi connectivity index (χ0v) is 23.1. The molecule has 1 heterocycles. The normalized spacial score (nSPS) is 18.6. The van der Waals surface area contributed by atoms with Crippen molar-refractivity contribution in [2.75, 3.05) is 45.1 Å². The molecule has 0 spiro atoms. The summed E-state index contributed by atoms with van der Waals surface area (Å²) in [7, 11) is 2.20. The Morgan fingerprint density at radius 1 is 0.917 bits per heavy atom. The number of carbonyl (C=O) groups excluding carboxylic acids is 1. The highest BCUT2D eigenvalue weighted by atomic mass is 16.2. The van der Waals surface area contributed by atoms with Gasteiger partial charge in [-0.15, -0.1) is 0 Å². The Balaban J connectivity index is 1.46. The van der Waals surface area contributed by atoms with E-state index in [-0.39, 0.29) is 11.4 Å². The van der Waals surface area contributed by atoms with Crippen molar-refractivity contribution < 1.29 is 4.79 Å². The predicted molar refractivity (Wildman–Crippen MR) is 151 cm³/mol. The second-order valence-corrected chi connectivity index (χ2v) is 11.7. The number of benzene rings is 2. The third-order valence-electron chi connectivity index (χ3n) is 8.30. The van der Waals surface area contributed by atoms with Crippen LogP contribution in [0, 0.1) is 0 Å². The Hall–Kier alpha value is -2.37. The van der Waals surface area contributed by atoms with Gasteiger partial charge in [-0.05, 0) is 54.0 Å². The number of hydrogen-bond acceptors (Lipinski definition) is 3. The molecule has 2 N–H and O–H groups in total. The molecule has 0 atom stereocenters. The largest absolute Gasteiger partial charge is 0.337 e. The molecule has 0 unspecified atom stereocenters. The molecule has 1 saturated heterocycles. The third kappa shape index (κ3) is 6.30. The molecule has 2 aliphatic rings. The summed E-state index contributed by atoms with van der Waals surface area (Å²) in [6.45, 7) is 15.0. The molecule has 196 valence electrons. The van der Waals surface area contributed by atoms with E-state index in [0.29, 0.717) is 18.4 Å². The van der Waals surface area contributed by atoms with Crippen LogP contribution in [0.15, 0.2) is 42.5 Å². The lowest BCUT2D eigenvalue weighted by molar-refractivity contribution is 0.148. The maximum absolute atomic E-state index is 13.2. The van der Waals surface area contributed by atoms with Gasteiger partial charge in [-0.3, -0.25) is 4.90 Å². The summed E-state index contributed by atoms with van der Waals surface area (Å²) in [6, 6.07) is 15.5. The molecular weight excluding hydrogens is 444 g/mol. The number of anilines is 1. The molecule has 2 fully saturated rings. The van der Waals surface area contributed by atoms with Crippen LogP contribution in [0.2, 0.25) is 0 Å². The van der Waals surface area contributed by atoms with Crippen LogP contribution in [0.3, 0.4) is 0 Å². The molecule has 5 heteroatoms. The van der Waals surface area contributed by atoms with E-state index in [1.165, 1.54) is 35.1 Å². The average Bonchev–Trinajstić information content (AvgIpc) is 3.34. The summed E-state index contributed by atoms with van der Waals surface area (Å²) >= 11 is 0. The maximum Gasteiger partial charge on any atom is 0.319 e. The number of rotatable bonds is 8. The van der Waals surface area contributed by atoms with Crippen LogP contribution >= 0.6 is 0 Å². The van der Waals surface area contributed by atoms with E-state index in [1.807, 2.05) is 0 Å². The van der Waals surface area contributed by atoms with Gasteiger partial charge in [-0.25, -0.2) is 4.79 Å². The van der Waals surface area contributed by atoms with Crippen molar-refractivity contribution >= 4 is 11.7 Å². The molecule has 5 nitrogen and oxygen atoms in total. The van der Waals surface area contributed by atoms with E-state index in [1.54, 1.807) is 0 Å². The van der Waals surface area contributed by atoms with Crippen molar-refractivity contribution in [3.05, 3.63) is 64.7 Å². The highest BCUT2D eigenvalue weighted by Crippen LogP contribution is 2.41. The number of amides is 2. The van der Waals surface area contributed by atoms with Gasteiger partial charge in [-0.1, -0.05) is 83.0 Å². The van der Waals surface area contributed by atoms with Crippen molar-refractivity contribution in [2.45, 2.75) is 77.2 Å². The summed E-state index contributed by atoms with van der Waals surface area (Å²) in [5.74, 6) is 0.700. The summed E-state index contributed by atoms with van der Waals surface area (Å²) < 4.78 is 0. The van der Waals surface area contributed by atoms with E-state index < -0.39 is 0 Å². The van der Waals surface area contributed by atoms with Gasteiger partial charge < -0.3 is 15.5 Å². The molecule has 2 aromatic carbocycles. The van der Waals surface area contributed by atoms with Gasteiger partial charge in [-0.2, -0.15) is 0 Å². The summed E-state index contributed by atoms with van der Waals surface area (Å²) in [5, 5.41) is 6.53. The number of likely N-dealkylation sites (N-methyl/N-ethyl adjacent to an activating group) is 1. The van der Waals surface area contributed by atoms with E-state index in [9.17, 15) is 4.79 Å². The minimum absolute atomic E-state index is 0.0217. The number of nitrogens with zero attached hydrogens (tertiary/aromatic N) is 2. The van der Waals surface area contributed by atoms with Crippen LogP contribution in [0.1, 0.15) is 87.5 Å². The van der Waals surface area contributed by atoms with Crippen molar-refractivity contribution in [1.82, 2.24) is 15.1 Å². The van der Waals surface area contributed by atoms with E-state index in [2.05, 4.69) is 97.6 Å². The number of urea groups is 1. The first kappa shape index (κ1) is 26.7. The molecule has 2 aromatic rings. The number of piperazine rings is 1. The van der Waals surface area contributed by atoms with Gasteiger partial charge in [0.05, 0.1) is 0 Å². The van der Waals surface area contributed by atoms with Crippen molar-refractivity contribution in [3.8, 4) is 0 Å². The fourth-order valence-electron chi connectivity index (χ4n) is 5.99. The predicted octanol–water partition coefficient (Wildman–Crippen LogP) is 6.31. The van der Waals surface area contributed by atoms with E-state index >= 15 is 0 Å². The number of hydrogen-bond donors (Lipinski definition) is 2. The standard InChI is InChI=1S/C31H46N4O/c1-23(2)27-12-9-13-28(24(3)4)29(27)33-30(36)32-22-31(14-6-7-15-31)26-11-8-10-25(20-26)21-35-18-16-34(5)17-19-35/h8-13,20,23-24H,6-7,14-19,21-22H2,1-5H3,(H2,32,33,36).